The van der Waals surface area contributed by atoms with E-state index in [1.54, 1.807) is 18.2 Å². The standard InChI is InChI=1S/C12H7ClN2O3S/c13-6-1-2-8-7(3-6)10-11(18-8)12(15-5-14-10)19-4-9(16)17/h1-3,5H,4H2,(H,16,17)/p-1. The van der Waals surface area contributed by atoms with Gasteiger partial charge in [-0.25, -0.2) is 9.97 Å². The third-order valence-electron chi connectivity index (χ3n) is 2.51. The van der Waals surface area contributed by atoms with Gasteiger partial charge in [0.25, 0.3) is 0 Å². The van der Waals surface area contributed by atoms with Gasteiger partial charge in [-0.3, -0.25) is 0 Å². The molecule has 0 radical (unpaired) electrons. The summed E-state index contributed by atoms with van der Waals surface area (Å²) in [6.07, 6.45) is 1.37. The zero-order valence-corrected chi connectivity index (χ0v) is 11.0. The van der Waals surface area contributed by atoms with Crippen molar-refractivity contribution in [3.63, 3.8) is 0 Å². The maximum atomic E-state index is 10.5. The average Bonchev–Trinajstić information content (AvgIpc) is 2.75. The highest BCUT2D eigenvalue weighted by atomic mass is 35.5. The first kappa shape index (κ1) is 12.3. The van der Waals surface area contributed by atoms with E-state index in [4.69, 9.17) is 16.0 Å². The van der Waals surface area contributed by atoms with E-state index in [2.05, 4.69) is 9.97 Å². The number of aliphatic carboxylic acids is 1. The molecule has 2 aromatic heterocycles. The van der Waals surface area contributed by atoms with Crippen LogP contribution in [0.5, 0.6) is 0 Å². The fraction of sp³-hybridized carbons (Fsp3) is 0.0833. The number of nitrogens with zero attached hydrogens (tertiary/aromatic N) is 2. The molecule has 1 aromatic carbocycles. The first-order chi connectivity index (χ1) is 9.15. The number of carbonyl (C=O) groups excluding carboxylic acids is 1. The third kappa shape index (κ3) is 2.24. The molecule has 0 saturated carbocycles. The second kappa shape index (κ2) is 4.71. The SMILES string of the molecule is O=C([O-])CSc1ncnc2c1oc1ccc(Cl)cc12. The van der Waals surface area contributed by atoms with Gasteiger partial charge >= 0.3 is 0 Å². The lowest BCUT2D eigenvalue weighted by Crippen LogP contribution is -2.24. The van der Waals surface area contributed by atoms with Crippen LogP contribution in [0.1, 0.15) is 0 Å². The first-order valence-corrected chi connectivity index (χ1v) is 6.67. The Hall–Kier alpha value is -1.79. The molecule has 3 rings (SSSR count). The van der Waals surface area contributed by atoms with Crippen LogP contribution >= 0.6 is 23.4 Å². The van der Waals surface area contributed by atoms with Crippen LogP contribution in [0.2, 0.25) is 5.02 Å². The minimum Gasteiger partial charge on any atom is -0.549 e. The molecule has 0 aliphatic rings. The molecule has 0 aliphatic carbocycles. The van der Waals surface area contributed by atoms with Crippen LogP contribution < -0.4 is 5.11 Å². The summed E-state index contributed by atoms with van der Waals surface area (Å²) in [5.74, 6) is -1.35. The molecule has 2 heterocycles. The van der Waals surface area contributed by atoms with E-state index in [9.17, 15) is 9.90 Å². The fourth-order valence-corrected chi connectivity index (χ4v) is 2.58. The summed E-state index contributed by atoms with van der Waals surface area (Å²) in [6.45, 7) is 0. The average molecular weight is 294 g/mol. The molecule has 0 aliphatic heterocycles. The Morgan fingerprint density at radius 2 is 2.26 bits per heavy atom. The van der Waals surface area contributed by atoms with Crippen LogP contribution in [0.15, 0.2) is 34.0 Å². The Bertz CT molecular complexity index is 787. The van der Waals surface area contributed by atoms with Gasteiger partial charge < -0.3 is 14.3 Å². The summed E-state index contributed by atoms with van der Waals surface area (Å²) in [7, 11) is 0. The van der Waals surface area contributed by atoms with E-state index in [0.29, 0.717) is 26.7 Å². The predicted molar refractivity (Wildman–Crippen MR) is 70.1 cm³/mol. The fourth-order valence-electron chi connectivity index (χ4n) is 1.76. The van der Waals surface area contributed by atoms with Crippen LogP contribution in [0.3, 0.4) is 0 Å². The van der Waals surface area contributed by atoms with Gasteiger partial charge in [0.15, 0.2) is 5.58 Å². The molecule has 0 N–H and O–H groups in total. The minimum absolute atomic E-state index is 0.191. The second-order valence-corrected chi connectivity index (χ2v) is 5.16. The molecule has 0 atom stereocenters. The third-order valence-corrected chi connectivity index (χ3v) is 3.69. The monoisotopic (exact) mass is 293 g/mol. The minimum atomic E-state index is -1.16. The molecular weight excluding hydrogens is 288 g/mol. The number of aromatic nitrogens is 2. The number of carbonyl (C=O) groups is 1. The molecule has 0 fully saturated rings. The highest BCUT2D eigenvalue weighted by Crippen LogP contribution is 2.33. The number of carboxylic acid groups (broad SMARTS) is 1. The van der Waals surface area contributed by atoms with Crippen molar-refractivity contribution in [1.29, 1.82) is 0 Å². The molecule has 5 nitrogen and oxygen atoms in total. The normalized spacial score (nSPS) is 11.2. The maximum absolute atomic E-state index is 10.5. The van der Waals surface area contributed by atoms with Gasteiger partial charge in [0, 0.05) is 16.2 Å². The molecule has 96 valence electrons. The van der Waals surface area contributed by atoms with Crippen molar-refractivity contribution in [1.82, 2.24) is 9.97 Å². The van der Waals surface area contributed by atoms with Crippen LogP contribution in [0.25, 0.3) is 22.1 Å². The number of hydrogen-bond acceptors (Lipinski definition) is 6. The van der Waals surface area contributed by atoms with Crippen molar-refractivity contribution in [2.45, 2.75) is 5.03 Å². The highest BCUT2D eigenvalue weighted by Gasteiger charge is 2.13. The number of benzene rings is 1. The molecule has 0 saturated heterocycles. The quantitative estimate of drug-likeness (QED) is 0.542. The number of carboxylic acids is 1. The van der Waals surface area contributed by atoms with Gasteiger partial charge in [-0.1, -0.05) is 23.4 Å². The lowest BCUT2D eigenvalue weighted by Gasteiger charge is -2.01. The van der Waals surface area contributed by atoms with Crippen molar-refractivity contribution in [3.05, 3.63) is 29.5 Å². The van der Waals surface area contributed by atoms with E-state index < -0.39 is 5.97 Å². The Kier molecular flexibility index (Phi) is 3.04. The lowest BCUT2D eigenvalue weighted by molar-refractivity contribution is -0.301. The Morgan fingerprint density at radius 3 is 3.05 bits per heavy atom. The largest absolute Gasteiger partial charge is 0.549 e. The zero-order valence-electron chi connectivity index (χ0n) is 9.42. The number of fused-ring (bicyclic) bond motifs is 3. The summed E-state index contributed by atoms with van der Waals surface area (Å²) < 4.78 is 5.65. The zero-order chi connectivity index (χ0) is 13.4. The maximum Gasteiger partial charge on any atom is 0.186 e. The van der Waals surface area contributed by atoms with E-state index in [1.165, 1.54) is 6.33 Å². The Balaban J connectivity index is 2.19. The van der Waals surface area contributed by atoms with Gasteiger partial charge in [0.05, 0.1) is 5.97 Å². The molecule has 19 heavy (non-hydrogen) atoms. The summed E-state index contributed by atoms with van der Waals surface area (Å²) >= 11 is 6.98. The van der Waals surface area contributed by atoms with Gasteiger partial charge in [-0.15, -0.1) is 0 Å². The number of thioether (sulfide) groups is 1. The molecule has 3 aromatic rings. The van der Waals surface area contributed by atoms with Crippen molar-refractivity contribution >= 4 is 51.4 Å². The van der Waals surface area contributed by atoms with Crippen LogP contribution in [0.4, 0.5) is 0 Å². The van der Waals surface area contributed by atoms with Gasteiger partial charge in [0.1, 0.15) is 22.5 Å². The summed E-state index contributed by atoms with van der Waals surface area (Å²) in [5, 5.41) is 12.3. The predicted octanol–water partition coefficient (Wildman–Crippen LogP) is 1.87. The number of halogens is 1. The summed E-state index contributed by atoms with van der Waals surface area (Å²) in [4.78, 5) is 18.7. The Morgan fingerprint density at radius 1 is 1.42 bits per heavy atom. The smallest absolute Gasteiger partial charge is 0.186 e. The van der Waals surface area contributed by atoms with Crippen molar-refractivity contribution in [2.24, 2.45) is 0 Å². The molecule has 0 bridgehead atoms. The number of hydrogen-bond donors (Lipinski definition) is 0. The topological polar surface area (TPSA) is 79.0 Å². The lowest BCUT2D eigenvalue weighted by atomic mass is 10.2. The first-order valence-electron chi connectivity index (χ1n) is 5.30. The van der Waals surface area contributed by atoms with E-state index >= 15 is 0 Å². The van der Waals surface area contributed by atoms with Crippen LogP contribution in [-0.2, 0) is 4.79 Å². The van der Waals surface area contributed by atoms with Gasteiger partial charge in [-0.2, -0.15) is 0 Å². The Labute approximate surface area is 116 Å². The number of rotatable bonds is 3. The van der Waals surface area contributed by atoms with E-state index in [-0.39, 0.29) is 5.75 Å². The molecule has 0 unspecified atom stereocenters. The van der Waals surface area contributed by atoms with Gasteiger partial charge in [0.2, 0.25) is 0 Å². The van der Waals surface area contributed by atoms with Crippen molar-refractivity contribution < 1.29 is 14.3 Å². The van der Waals surface area contributed by atoms with Crippen LogP contribution in [0, 0.1) is 0 Å². The summed E-state index contributed by atoms with van der Waals surface area (Å²) in [6, 6.07) is 5.21. The molecular formula is C12H6ClN2O3S-. The van der Waals surface area contributed by atoms with Gasteiger partial charge in [-0.05, 0) is 18.2 Å². The van der Waals surface area contributed by atoms with E-state index in [1.807, 2.05) is 0 Å². The number of furan rings is 1. The second-order valence-electron chi connectivity index (χ2n) is 3.76. The van der Waals surface area contributed by atoms with E-state index in [0.717, 1.165) is 17.1 Å². The van der Waals surface area contributed by atoms with Crippen molar-refractivity contribution in [3.8, 4) is 0 Å². The molecule has 0 amide bonds. The molecule has 0 spiro atoms. The van der Waals surface area contributed by atoms with Crippen LogP contribution in [-0.4, -0.2) is 21.7 Å². The van der Waals surface area contributed by atoms with Crippen molar-refractivity contribution in [2.75, 3.05) is 5.75 Å². The molecule has 7 heteroatoms. The summed E-state index contributed by atoms with van der Waals surface area (Å²) in [5.41, 5.74) is 1.72. The highest BCUT2D eigenvalue weighted by molar-refractivity contribution is 8.00.